The molecule has 2 N–H and O–H groups in total. The normalized spacial score (nSPS) is 18.7. The number of nitro groups is 1. The van der Waals surface area contributed by atoms with E-state index in [1.54, 1.807) is 6.07 Å². The molecule has 8 heteroatoms. The molecule has 1 unspecified atom stereocenters. The lowest BCUT2D eigenvalue weighted by atomic mass is 9.75. The predicted molar refractivity (Wildman–Crippen MR) is 97.1 cm³/mol. The van der Waals surface area contributed by atoms with Crippen LogP contribution >= 0.6 is 0 Å². The summed E-state index contributed by atoms with van der Waals surface area (Å²) in [7, 11) is 1.21. The molecule has 2 rings (SSSR count). The highest BCUT2D eigenvalue weighted by atomic mass is 16.6. The summed E-state index contributed by atoms with van der Waals surface area (Å²) >= 11 is 0. The standard InChI is InChI=1S/C18H25N3O5/c1-18(2)8-4-5-13(10-18)20-14-7-6-12(9-15(14)21(24)25)17(23)19-11-16(22)26-3/h6-7,9,13,20H,4-5,8,10-11H2,1-3H3,(H,19,23). The second-order valence-corrected chi connectivity index (χ2v) is 7.35. The van der Waals surface area contributed by atoms with Gasteiger partial charge in [0, 0.05) is 17.7 Å². The van der Waals surface area contributed by atoms with Gasteiger partial charge in [0.2, 0.25) is 0 Å². The van der Waals surface area contributed by atoms with E-state index in [0.29, 0.717) is 5.69 Å². The summed E-state index contributed by atoms with van der Waals surface area (Å²) in [6, 6.07) is 4.45. The van der Waals surface area contributed by atoms with Crippen molar-refractivity contribution in [1.82, 2.24) is 5.32 Å². The van der Waals surface area contributed by atoms with E-state index < -0.39 is 16.8 Å². The number of anilines is 1. The van der Waals surface area contributed by atoms with Gasteiger partial charge in [-0.2, -0.15) is 0 Å². The third-order valence-corrected chi connectivity index (χ3v) is 4.64. The zero-order chi connectivity index (χ0) is 19.3. The second kappa shape index (κ2) is 8.16. The molecule has 0 spiro atoms. The minimum Gasteiger partial charge on any atom is -0.468 e. The molecule has 8 nitrogen and oxygen atoms in total. The first-order chi connectivity index (χ1) is 12.2. The SMILES string of the molecule is COC(=O)CNC(=O)c1ccc(NC2CCCC(C)(C)C2)c([N+](=O)[O-])c1. The van der Waals surface area contributed by atoms with Crippen molar-refractivity contribution < 1.29 is 19.2 Å². The quantitative estimate of drug-likeness (QED) is 0.457. The van der Waals surface area contributed by atoms with E-state index in [0.717, 1.165) is 25.7 Å². The van der Waals surface area contributed by atoms with Crippen molar-refractivity contribution in [2.45, 2.75) is 45.6 Å². The summed E-state index contributed by atoms with van der Waals surface area (Å²) in [4.78, 5) is 34.1. The fourth-order valence-corrected chi connectivity index (χ4v) is 3.31. The highest BCUT2D eigenvalue weighted by Gasteiger charge is 2.29. The molecule has 142 valence electrons. The Morgan fingerprint density at radius 1 is 1.38 bits per heavy atom. The number of benzene rings is 1. The van der Waals surface area contributed by atoms with E-state index in [9.17, 15) is 19.7 Å². The van der Waals surface area contributed by atoms with Crippen molar-refractivity contribution in [2.24, 2.45) is 5.41 Å². The fourth-order valence-electron chi connectivity index (χ4n) is 3.31. The Balaban J connectivity index is 2.14. The summed E-state index contributed by atoms with van der Waals surface area (Å²) in [5.41, 5.74) is 0.578. The molecular formula is C18H25N3O5. The van der Waals surface area contributed by atoms with Crippen LogP contribution in [0, 0.1) is 15.5 Å². The monoisotopic (exact) mass is 363 g/mol. The number of esters is 1. The Bertz CT molecular complexity index is 702. The summed E-state index contributed by atoms with van der Waals surface area (Å²) in [5.74, 6) is -1.16. The second-order valence-electron chi connectivity index (χ2n) is 7.35. The van der Waals surface area contributed by atoms with Crippen molar-refractivity contribution in [3.8, 4) is 0 Å². The lowest BCUT2D eigenvalue weighted by Gasteiger charge is -2.35. The van der Waals surface area contributed by atoms with E-state index >= 15 is 0 Å². The molecule has 1 atom stereocenters. The Hall–Kier alpha value is -2.64. The van der Waals surface area contributed by atoms with Gasteiger partial charge in [-0.1, -0.05) is 20.3 Å². The maximum atomic E-state index is 12.1. The van der Waals surface area contributed by atoms with Crippen LogP contribution in [0.4, 0.5) is 11.4 Å². The third kappa shape index (κ3) is 5.18. The van der Waals surface area contributed by atoms with Crippen LogP contribution in [-0.4, -0.2) is 36.5 Å². The predicted octanol–water partition coefficient (Wildman–Crippen LogP) is 2.88. The van der Waals surface area contributed by atoms with Crippen molar-refractivity contribution >= 4 is 23.3 Å². The average Bonchev–Trinajstić information content (AvgIpc) is 2.58. The van der Waals surface area contributed by atoms with Gasteiger partial charge in [-0.15, -0.1) is 0 Å². The molecule has 1 amide bonds. The van der Waals surface area contributed by atoms with Crippen molar-refractivity contribution in [1.29, 1.82) is 0 Å². The average molecular weight is 363 g/mol. The first kappa shape index (κ1) is 19.7. The zero-order valence-electron chi connectivity index (χ0n) is 15.3. The number of amides is 1. The van der Waals surface area contributed by atoms with E-state index in [1.807, 2.05) is 0 Å². The van der Waals surface area contributed by atoms with Gasteiger partial charge in [-0.25, -0.2) is 0 Å². The number of carbonyl (C=O) groups excluding carboxylic acids is 2. The minimum atomic E-state index is -0.592. The number of methoxy groups -OCH3 is 1. The molecule has 0 bridgehead atoms. The van der Waals surface area contributed by atoms with E-state index in [1.165, 1.54) is 19.2 Å². The molecule has 26 heavy (non-hydrogen) atoms. The fraction of sp³-hybridized carbons (Fsp3) is 0.556. The van der Waals surface area contributed by atoms with Crippen molar-refractivity contribution in [2.75, 3.05) is 19.0 Å². The van der Waals surface area contributed by atoms with Crippen LogP contribution in [0.15, 0.2) is 18.2 Å². The Morgan fingerprint density at radius 3 is 2.73 bits per heavy atom. The van der Waals surface area contributed by atoms with Crippen LogP contribution < -0.4 is 10.6 Å². The number of nitro benzene ring substituents is 1. The van der Waals surface area contributed by atoms with Gasteiger partial charge in [0.05, 0.1) is 12.0 Å². The van der Waals surface area contributed by atoms with Crippen LogP contribution in [0.1, 0.15) is 49.9 Å². The zero-order valence-corrected chi connectivity index (χ0v) is 15.3. The molecule has 1 aliphatic rings. The number of nitrogens with one attached hydrogen (secondary N) is 2. The van der Waals surface area contributed by atoms with Gasteiger partial charge < -0.3 is 15.4 Å². The number of carbonyl (C=O) groups is 2. The molecule has 0 heterocycles. The van der Waals surface area contributed by atoms with E-state index in [4.69, 9.17) is 0 Å². The van der Waals surface area contributed by atoms with Crippen LogP contribution in [0.25, 0.3) is 0 Å². The van der Waals surface area contributed by atoms with E-state index in [-0.39, 0.29) is 29.3 Å². The van der Waals surface area contributed by atoms with Gasteiger partial charge in [0.25, 0.3) is 11.6 Å². The Kier molecular flexibility index (Phi) is 6.18. The largest absolute Gasteiger partial charge is 0.468 e. The molecule has 0 aromatic heterocycles. The smallest absolute Gasteiger partial charge is 0.325 e. The molecule has 1 saturated carbocycles. The first-order valence-electron chi connectivity index (χ1n) is 8.62. The highest BCUT2D eigenvalue weighted by molar-refractivity contribution is 5.97. The Morgan fingerprint density at radius 2 is 2.12 bits per heavy atom. The van der Waals surface area contributed by atoms with Gasteiger partial charge in [-0.05, 0) is 36.8 Å². The highest BCUT2D eigenvalue weighted by Crippen LogP contribution is 2.37. The summed E-state index contributed by atoms with van der Waals surface area (Å²) in [6.07, 6.45) is 4.12. The maximum Gasteiger partial charge on any atom is 0.325 e. The lowest BCUT2D eigenvalue weighted by Crippen LogP contribution is -2.32. The van der Waals surface area contributed by atoms with E-state index in [2.05, 4.69) is 29.2 Å². The summed E-state index contributed by atoms with van der Waals surface area (Å²) < 4.78 is 4.45. The van der Waals surface area contributed by atoms with Gasteiger partial charge in [0.1, 0.15) is 12.2 Å². The van der Waals surface area contributed by atoms with Crippen molar-refractivity contribution in [3.05, 3.63) is 33.9 Å². The third-order valence-electron chi connectivity index (χ3n) is 4.64. The van der Waals surface area contributed by atoms with Crippen LogP contribution in [0.2, 0.25) is 0 Å². The topological polar surface area (TPSA) is 111 Å². The number of hydrogen-bond acceptors (Lipinski definition) is 6. The number of hydrogen-bond donors (Lipinski definition) is 2. The molecule has 0 radical (unpaired) electrons. The lowest BCUT2D eigenvalue weighted by molar-refractivity contribution is -0.384. The van der Waals surface area contributed by atoms with Crippen LogP contribution in [0.5, 0.6) is 0 Å². The van der Waals surface area contributed by atoms with Gasteiger partial charge in [0.15, 0.2) is 0 Å². The molecule has 0 saturated heterocycles. The van der Waals surface area contributed by atoms with Crippen LogP contribution in [0.3, 0.4) is 0 Å². The number of ether oxygens (including phenoxy) is 1. The first-order valence-corrected chi connectivity index (χ1v) is 8.62. The van der Waals surface area contributed by atoms with Crippen molar-refractivity contribution in [3.63, 3.8) is 0 Å². The molecule has 1 aromatic rings. The molecule has 1 aromatic carbocycles. The van der Waals surface area contributed by atoms with Gasteiger partial charge in [-0.3, -0.25) is 19.7 Å². The molecule has 0 aliphatic heterocycles. The molecule has 1 aliphatic carbocycles. The Labute approximate surface area is 152 Å². The number of rotatable bonds is 6. The van der Waals surface area contributed by atoms with Gasteiger partial charge >= 0.3 is 5.97 Å². The summed E-state index contributed by atoms with van der Waals surface area (Å²) in [5, 5.41) is 17.1. The minimum absolute atomic E-state index is 0.120. The van der Waals surface area contributed by atoms with Crippen LogP contribution in [-0.2, 0) is 9.53 Å². The maximum absolute atomic E-state index is 12.1. The summed E-state index contributed by atoms with van der Waals surface area (Å²) in [6.45, 7) is 4.11. The molecule has 1 fully saturated rings. The number of nitrogens with zero attached hydrogens (tertiary/aromatic N) is 1. The molecular weight excluding hydrogens is 338 g/mol.